The predicted octanol–water partition coefficient (Wildman–Crippen LogP) is 3.85. The molecule has 0 aliphatic carbocycles. The van der Waals surface area contributed by atoms with E-state index in [1.165, 1.54) is 4.88 Å². The van der Waals surface area contributed by atoms with E-state index in [2.05, 4.69) is 38.2 Å². The van der Waals surface area contributed by atoms with Crippen molar-refractivity contribution >= 4 is 29.1 Å². The summed E-state index contributed by atoms with van der Waals surface area (Å²) in [6.07, 6.45) is 1.83. The van der Waals surface area contributed by atoms with Gasteiger partial charge in [-0.25, -0.2) is 0 Å². The average molecular weight is 179 g/mol. The summed E-state index contributed by atoms with van der Waals surface area (Å²) in [7, 11) is 0. The molecule has 64 valence electrons. The van der Waals surface area contributed by atoms with E-state index in [9.17, 15) is 0 Å². The van der Waals surface area contributed by atoms with Crippen molar-refractivity contribution in [3.05, 3.63) is 23.1 Å². The second-order valence-electron chi connectivity index (χ2n) is 2.93. The Hall–Kier alpha value is -0.890. The molecule has 0 radical (unpaired) electrons. The summed E-state index contributed by atoms with van der Waals surface area (Å²) < 4.78 is 0. The van der Waals surface area contributed by atoms with Gasteiger partial charge in [-0.05, 0) is 18.7 Å². The second-order valence-corrected chi connectivity index (χ2v) is 3.99. The van der Waals surface area contributed by atoms with Crippen LogP contribution in [0.3, 0.4) is 0 Å². The lowest BCUT2D eigenvalue weighted by Crippen LogP contribution is -1.77. The molecule has 2 heteroatoms. The smallest absolute Gasteiger partial charge is 0.122 e. The lowest BCUT2D eigenvalue weighted by atomic mass is 10.1. The van der Waals surface area contributed by atoms with E-state index in [-0.39, 0.29) is 0 Å². The summed E-state index contributed by atoms with van der Waals surface area (Å²) >= 11 is 1.69. The molecular weight excluding hydrogens is 166 g/mol. The van der Waals surface area contributed by atoms with Gasteiger partial charge in [-0.3, -0.25) is 4.99 Å². The normalized spacial score (nSPS) is 10.2. The van der Waals surface area contributed by atoms with Crippen LogP contribution in [-0.4, -0.2) is 6.72 Å². The number of thiophene rings is 1. The number of rotatable bonds is 3. The molecule has 0 saturated carbocycles. The second kappa shape index (κ2) is 3.68. The van der Waals surface area contributed by atoms with Crippen molar-refractivity contribution in [2.75, 3.05) is 0 Å². The molecular formula is C10H13NS. The summed E-state index contributed by atoms with van der Waals surface area (Å²) in [4.78, 5) is 5.28. The molecule has 12 heavy (non-hydrogen) atoms. The molecule has 0 amide bonds. The van der Waals surface area contributed by atoms with Crippen molar-refractivity contribution in [1.29, 1.82) is 0 Å². The fourth-order valence-corrected chi connectivity index (χ4v) is 1.94. The monoisotopic (exact) mass is 179 g/mol. The standard InChI is InChI=1S/C10H13NS/c1-5-8-6-9(7(2)3)12-10(8)11-4/h5-7H,1,4H2,2-3H3. The molecule has 0 spiro atoms. The number of hydrogen-bond donors (Lipinski definition) is 0. The van der Waals surface area contributed by atoms with Gasteiger partial charge >= 0.3 is 0 Å². The third-order valence-electron chi connectivity index (χ3n) is 1.69. The maximum absolute atomic E-state index is 3.94. The minimum absolute atomic E-state index is 0.559. The van der Waals surface area contributed by atoms with E-state index >= 15 is 0 Å². The van der Waals surface area contributed by atoms with E-state index < -0.39 is 0 Å². The van der Waals surface area contributed by atoms with Crippen molar-refractivity contribution in [1.82, 2.24) is 0 Å². The summed E-state index contributed by atoms with van der Waals surface area (Å²) in [5.41, 5.74) is 1.10. The van der Waals surface area contributed by atoms with Crippen molar-refractivity contribution in [2.45, 2.75) is 19.8 Å². The average Bonchev–Trinajstić information content (AvgIpc) is 2.46. The van der Waals surface area contributed by atoms with Gasteiger partial charge in [0.15, 0.2) is 0 Å². The van der Waals surface area contributed by atoms with Crippen molar-refractivity contribution < 1.29 is 0 Å². The molecule has 0 N–H and O–H groups in total. The van der Waals surface area contributed by atoms with Gasteiger partial charge in [0.1, 0.15) is 5.00 Å². The number of hydrogen-bond acceptors (Lipinski definition) is 2. The molecule has 0 fully saturated rings. The van der Waals surface area contributed by atoms with Crippen LogP contribution in [0, 0.1) is 0 Å². The maximum atomic E-state index is 3.94. The molecule has 0 atom stereocenters. The highest BCUT2D eigenvalue weighted by atomic mass is 32.1. The van der Waals surface area contributed by atoms with Gasteiger partial charge in [0.2, 0.25) is 0 Å². The Morgan fingerprint density at radius 3 is 2.58 bits per heavy atom. The van der Waals surface area contributed by atoms with E-state index in [0.29, 0.717) is 5.92 Å². The van der Waals surface area contributed by atoms with E-state index in [0.717, 1.165) is 10.6 Å². The van der Waals surface area contributed by atoms with Crippen molar-refractivity contribution in [2.24, 2.45) is 4.99 Å². The van der Waals surface area contributed by atoms with Crippen LogP contribution in [0.25, 0.3) is 6.08 Å². The highest BCUT2D eigenvalue weighted by molar-refractivity contribution is 7.16. The van der Waals surface area contributed by atoms with Crippen molar-refractivity contribution in [3.63, 3.8) is 0 Å². The van der Waals surface area contributed by atoms with Crippen LogP contribution in [0.1, 0.15) is 30.2 Å². The zero-order valence-corrected chi connectivity index (χ0v) is 8.32. The third-order valence-corrected chi connectivity index (χ3v) is 3.07. The van der Waals surface area contributed by atoms with Crippen LogP contribution in [0.5, 0.6) is 0 Å². The Balaban J connectivity index is 3.13. The van der Waals surface area contributed by atoms with Gasteiger partial charge in [-0.1, -0.05) is 26.5 Å². The van der Waals surface area contributed by atoms with Gasteiger partial charge < -0.3 is 0 Å². The fraction of sp³-hybridized carbons (Fsp3) is 0.300. The Morgan fingerprint density at radius 1 is 1.58 bits per heavy atom. The van der Waals surface area contributed by atoms with Gasteiger partial charge in [0.25, 0.3) is 0 Å². The molecule has 1 nitrogen and oxygen atoms in total. The van der Waals surface area contributed by atoms with Gasteiger partial charge in [0, 0.05) is 10.4 Å². The molecule has 1 aromatic heterocycles. The van der Waals surface area contributed by atoms with Crippen LogP contribution in [0.4, 0.5) is 5.00 Å². The van der Waals surface area contributed by atoms with Crippen LogP contribution < -0.4 is 0 Å². The lowest BCUT2D eigenvalue weighted by Gasteiger charge is -1.96. The first-order chi connectivity index (χ1) is 5.69. The molecule has 0 unspecified atom stereocenters. The fourth-order valence-electron chi connectivity index (χ4n) is 0.969. The lowest BCUT2D eigenvalue weighted by molar-refractivity contribution is 0.889. The van der Waals surface area contributed by atoms with E-state index in [1.54, 1.807) is 11.3 Å². The topological polar surface area (TPSA) is 12.4 Å². The molecule has 1 aromatic rings. The molecule has 0 aliphatic rings. The van der Waals surface area contributed by atoms with Gasteiger partial charge in [-0.15, -0.1) is 11.3 Å². The SMILES string of the molecule is C=Cc1cc(C(C)C)sc1N=C. The Labute approximate surface area is 77.5 Å². The zero-order valence-electron chi connectivity index (χ0n) is 7.50. The van der Waals surface area contributed by atoms with Crippen LogP contribution in [0.15, 0.2) is 17.6 Å². The Bertz CT molecular complexity index is 271. The molecule has 0 aliphatic heterocycles. The Kier molecular flexibility index (Phi) is 2.82. The predicted molar refractivity (Wildman–Crippen MR) is 57.7 cm³/mol. The summed E-state index contributed by atoms with van der Waals surface area (Å²) in [6, 6.07) is 2.13. The summed E-state index contributed by atoms with van der Waals surface area (Å²) in [6.45, 7) is 11.6. The van der Waals surface area contributed by atoms with Crippen LogP contribution in [-0.2, 0) is 0 Å². The summed E-state index contributed by atoms with van der Waals surface area (Å²) in [5.74, 6) is 0.559. The van der Waals surface area contributed by atoms with Crippen LogP contribution in [0.2, 0.25) is 0 Å². The first-order valence-corrected chi connectivity index (χ1v) is 4.73. The molecule has 1 rings (SSSR count). The third kappa shape index (κ3) is 1.64. The van der Waals surface area contributed by atoms with E-state index in [4.69, 9.17) is 0 Å². The largest absolute Gasteiger partial charge is 0.253 e. The molecule has 0 bridgehead atoms. The molecule has 0 aromatic carbocycles. The highest BCUT2D eigenvalue weighted by Gasteiger charge is 2.07. The first-order valence-electron chi connectivity index (χ1n) is 3.92. The minimum atomic E-state index is 0.559. The Morgan fingerprint density at radius 2 is 2.25 bits per heavy atom. The first kappa shape index (κ1) is 9.20. The maximum Gasteiger partial charge on any atom is 0.122 e. The molecule has 1 heterocycles. The summed E-state index contributed by atoms with van der Waals surface area (Å²) in [5, 5.41) is 0.980. The van der Waals surface area contributed by atoms with Crippen LogP contribution >= 0.6 is 11.3 Å². The highest BCUT2D eigenvalue weighted by Crippen LogP contribution is 2.34. The van der Waals surface area contributed by atoms with Crippen molar-refractivity contribution in [3.8, 4) is 0 Å². The number of nitrogens with zero attached hydrogens (tertiary/aromatic N) is 1. The van der Waals surface area contributed by atoms with Gasteiger partial charge in [0.05, 0.1) is 0 Å². The quantitative estimate of drug-likeness (QED) is 0.625. The molecule has 0 saturated heterocycles. The van der Waals surface area contributed by atoms with Gasteiger partial charge in [-0.2, -0.15) is 0 Å². The number of aliphatic imine (C=N–C) groups is 1. The minimum Gasteiger partial charge on any atom is -0.253 e. The zero-order chi connectivity index (χ0) is 9.14. The van der Waals surface area contributed by atoms with E-state index in [1.807, 2.05) is 6.08 Å².